The number of rotatable bonds is 13. The quantitative estimate of drug-likeness (QED) is 0.255. The van der Waals surface area contributed by atoms with Gasteiger partial charge in [-0.2, -0.15) is 0 Å². The summed E-state index contributed by atoms with van der Waals surface area (Å²) in [6, 6.07) is 9.65. The van der Waals surface area contributed by atoms with Crippen molar-refractivity contribution in [2.24, 2.45) is 0 Å². The normalized spacial score (nSPS) is 11.2. The van der Waals surface area contributed by atoms with E-state index < -0.39 is 11.9 Å². The summed E-state index contributed by atoms with van der Waals surface area (Å²) in [7, 11) is 0. The molecule has 0 atom stereocenters. The molecule has 0 saturated heterocycles. The molecule has 32 heavy (non-hydrogen) atoms. The summed E-state index contributed by atoms with van der Waals surface area (Å²) in [5, 5.41) is 57.7. The maximum Gasteiger partial charge on any atom is 0.317 e. The van der Waals surface area contributed by atoms with Gasteiger partial charge in [0.15, 0.2) is 0 Å². The van der Waals surface area contributed by atoms with Crippen LogP contribution in [0.1, 0.15) is 22.3 Å². The Morgan fingerprint density at radius 3 is 1.31 bits per heavy atom. The molecule has 0 unspecified atom stereocenters. The summed E-state index contributed by atoms with van der Waals surface area (Å²) in [6.07, 6.45) is 0. The maximum absolute atomic E-state index is 11.3. The lowest BCUT2D eigenvalue weighted by Crippen LogP contribution is -2.39. The average molecular weight is 448 g/mol. The summed E-state index contributed by atoms with van der Waals surface area (Å²) in [4.78, 5) is 25.7. The van der Waals surface area contributed by atoms with Crippen LogP contribution in [-0.4, -0.2) is 78.6 Å². The smallest absolute Gasteiger partial charge is 0.317 e. The second-order valence-corrected chi connectivity index (χ2v) is 7.37. The molecule has 0 saturated carbocycles. The number of nitrogens with zero attached hydrogens (tertiary/aromatic N) is 2. The van der Waals surface area contributed by atoms with Crippen molar-refractivity contribution in [1.82, 2.24) is 9.80 Å². The van der Waals surface area contributed by atoms with Crippen molar-refractivity contribution in [3.8, 4) is 11.5 Å². The van der Waals surface area contributed by atoms with Gasteiger partial charge in [-0.15, -0.1) is 0 Å². The third-order valence-corrected chi connectivity index (χ3v) is 4.99. The fraction of sp³-hybridized carbons (Fsp3) is 0.364. The number of para-hydroxylation sites is 2. The number of aliphatic hydroxyl groups excluding tert-OH is 2. The molecule has 0 radical (unpaired) electrons. The average Bonchev–Trinajstić information content (AvgIpc) is 2.74. The van der Waals surface area contributed by atoms with Gasteiger partial charge >= 0.3 is 11.9 Å². The van der Waals surface area contributed by atoms with Gasteiger partial charge in [0, 0.05) is 48.4 Å². The minimum absolute atomic E-state index is 0.0815. The van der Waals surface area contributed by atoms with Gasteiger partial charge in [-0.3, -0.25) is 19.4 Å². The van der Waals surface area contributed by atoms with Gasteiger partial charge < -0.3 is 30.6 Å². The maximum atomic E-state index is 11.3. The lowest BCUT2D eigenvalue weighted by Gasteiger charge is -2.26. The van der Waals surface area contributed by atoms with Crippen molar-refractivity contribution >= 4 is 11.9 Å². The van der Waals surface area contributed by atoms with E-state index in [0.29, 0.717) is 22.3 Å². The van der Waals surface area contributed by atoms with E-state index in [0.717, 1.165) is 0 Å². The number of benzene rings is 2. The van der Waals surface area contributed by atoms with Crippen molar-refractivity contribution in [3.63, 3.8) is 0 Å². The zero-order valence-electron chi connectivity index (χ0n) is 17.5. The fourth-order valence-corrected chi connectivity index (χ4v) is 3.37. The summed E-state index contributed by atoms with van der Waals surface area (Å²) in [6.45, 7) is -0.894. The zero-order chi connectivity index (χ0) is 23.7. The van der Waals surface area contributed by atoms with E-state index in [2.05, 4.69) is 0 Å². The Bertz CT molecular complexity index is 859. The highest BCUT2D eigenvalue weighted by Gasteiger charge is 2.18. The molecule has 0 heterocycles. The molecule has 0 aliphatic heterocycles. The van der Waals surface area contributed by atoms with E-state index in [1.165, 1.54) is 9.80 Å². The van der Waals surface area contributed by atoms with E-state index in [-0.39, 0.29) is 64.0 Å². The number of carbonyl (C=O) groups is 2. The Balaban J connectivity index is 2.16. The largest absolute Gasteiger partial charge is 0.507 e. The summed E-state index contributed by atoms with van der Waals surface area (Å²) in [5.74, 6) is -2.39. The van der Waals surface area contributed by atoms with Crippen LogP contribution < -0.4 is 0 Å². The first-order valence-corrected chi connectivity index (χ1v) is 9.94. The van der Waals surface area contributed by atoms with Gasteiger partial charge in [0.25, 0.3) is 0 Å². The predicted octanol–water partition coefficient (Wildman–Crippen LogP) is 0.556. The fourth-order valence-electron chi connectivity index (χ4n) is 3.37. The molecule has 0 fully saturated rings. The Hall–Kier alpha value is -3.18. The van der Waals surface area contributed by atoms with Crippen LogP contribution in [0.3, 0.4) is 0 Å². The number of carboxylic acid groups (broad SMARTS) is 2. The minimum Gasteiger partial charge on any atom is -0.507 e. The van der Waals surface area contributed by atoms with E-state index in [1.54, 1.807) is 36.4 Å². The van der Waals surface area contributed by atoms with Crippen LogP contribution in [0.4, 0.5) is 0 Å². The molecule has 0 spiro atoms. The van der Waals surface area contributed by atoms with Crippen molar-refractivity contribution in [3.05, 3.63) is 58.7 Å². The molecule has 0 amide bonds. The van der Waals surface area contributed by atoms with Crippen LogP contribution >= 0.6 is 0 Å². The highest BCUT2D eigenvalue weighted by molar-refractivity contribution is 5.69. The van der Waals surface area contributed by atoms with Gasteiger partial charge in [-0.05, 0) is 0 Å². The number of aromatic hydroxyl groups is 2. The number of aliphatic hydroxyl groups is 2. The predicted molar refractivity (Wildman–Crippen MR) is 114 cm³/mol. The molecule has 10 heteroatoms. The van der Waals surface area contributed by atoms with Crippen molar-refractivity contribution < 1.29 is 40.2 Å². The van der Waals surface area contributed by atoms with Gasteiger partial charge in [0.2, 0.25) is 0 Å². The van der Waals surface area contributed by atoms with Crippen LogP contribution in [0.2, 0.25) is 0 Å². The number of phenols is 2. The lowest BCUT2D eigenvalue weighted by atomic mass is 10.1. The van der Waals surface area contributed by atoms with E-state index in [9.17, 15) is 40.2 Å². The molecule has 6 N–H and O–H groups in total. The van der Waals surface area contributed by atoms with Crippen LogP contribution in [0.5, 0.6) is 11.5 Å². The molecule has 0 aromatic heterocycles. The molecule has 0 bridgehead atoms. The number of hydrogen-bond donors (Lipinski definition) is 6. The summed E-state index contributed by atoms with van der Waals surface area (Å²) >= 11 is 0. The molecular formula is C22H28N2O8. The Kier molecular flexibility index (Phi) is 9.41. The third-order valence-electron chi connectivity index (χ3n) is 4.99. The van der Waals surface area contributed by atoms with Gasteiger partial charge in [0.1, 0.15) is 11.5 Å². The molecule has 2 aromatic rings. The summed E-state index contributed by atoms with van der Waals surface area (Å²) < 4.78 is 0. The zero-order valence-corrected chi connectivity index (χ0v) is 17.5. The van der Waals surface area contributed by atoms with E-state index in [4.69, 9.17) is 0 Å². The molecule has 0 aliphatic carbocycles. The first kappa shape index (κ1) is 25.1. The topological polar surface area (TPSA) is 162 Å². The molecule has 10 nitrogen and oxygen atoms in total. The van der Waals surface area contributed by atoms with Gasteiger partial charge in [0.05, 0.1) is 26.3 Å². The lowest BCUT2D eigenvalue weighted by molar-refractivity contribution is -0.140. The van der Waals surface area contributed by atoms with Gasteiger partial charge in [-0.25, -0.2) is 0 Å². The third kappa shape index (κ3) is 7.20. The van der Waals surface area contributed by atoms with E-state index in [1.807, 2.05) is 0 Å². The van der Waals surface area contributed by atoms with Crippen LogP contribution in [0.25, 0.3) is 0 Å². The number of hydrogen-bond acceptors (Lipinski definition) is 8. The van der Waals surface area contributed by atoms with Crippen molar-refractivity contribution in [2.75, 3.05) is 26.2 Å². The minimum atomic E-state index is -1.08. The summed E-state index contributed by atoms with van der Waals surface area (Å²) in [5.41, 5.74) is 1.53. The second-order valence-electron chi connectivity index (χ2n) is 7.37. The first-order chi connectivity index (χ1) is 15.2. The first-order valence-electron chi connectivity index (χ1n) is 9.94. The van der Waals surface area contributed by atoms with Crippen molar-refractivity contribution in [2.45, 2.75) is 26.3 Å². The van der Waals surface area contributed by atoms with Crippen LogP contribution in [-0.2, 0) is 35.9 Å². The molecule has 2 rings (SSSR count). The van der Waals surface area contributed by atoms with Crippen LogP contribution in [0.15, 0.2) is 36.4 Å². The van der Waals surface area contributed by atoms with Crippen LogP contribution in [0, 0.1) is 0 Å². The highest BCUT2D eigenvalue weighted by Crippen LogP contribution is 2.25. The number of aliphatic carboxylic acids is 2. The van der Waals surface area contributed by atoms with Gasteiger partial charge in [-0.1, -0.05) is 36.4 Å². The molecule has 2 aromatic carbocycles. The standard InChI is InChI=1S/C22H28N2O8/c25-13-17-5-1-3-15(21(17)31)9-23(11-19(27)28)7-8-24(12-20(29)30)10-16-4-2-6-18(14-26)22(16)32/h1-6,25-26,31-32H,7-14H2,(H,27,28)(H,29,30). The second kappa shape index (κ2) is 12.0. The Morgan fingerprint density at radius 2 is 1.00 bits per heavy atom. The Morgan fingerprint density at radius 1 is 0.656 bits per heavy atom. The van der Waals surface area contributed by atoms with Crippen molar-refractivity contribution in [1.29, 1.82) is 0 Å². The van der Waals surface area contributed by atoms with E-state index >= 15 is 0 Å². The highest BCUT2D eigenvalue weighted by atomic mass is 16.4. The molecule has 0 aliphatic rings. The Labute approximate surface area is 185 Å². The monoisotopic (exact) mass is 448 g/mol. The number of carboxylic acids is 2. The molecular weight excluding hydrogens is 420 g/mol. The molecule has 174 valence electrons. The SMILES string of the molecule is O=C(O)CN(CCN(CC(=O)O)Cc1cccc(CO)c1O)Cc1cccc(CO)c1O.